The van der Waals surface area contributed by atoms with Crippen molar-refractivity contribution in [2.75, 3.05) is 32.7 Å². The molecule has 0 aromatic rings. The van der Waals surface area contributed by atoms with Gasteiger partial charge in [-0.25, -0.2) is 0 Å². The zero-order valence-electron chi connectivity index (χ0n) is 11.2. The molecule has 1 saturated heterocycles. The van der Waals surface area contributed by atoms with Crippen molar-refractivity contribution in [1.29, 1.82) is 0 Å². The van der Waals surface area contributed by atoms with Crippen LogP contribution in [0.25, 0.3) is 0 Å². The highest BCUT2D eigenvalue weighted by Gasteiger charge is 2.33. The lowest BCUT2D eigenvalue weighted by Gasteiger charge is -2.36. The van der Waals surface area contributed by atoms with Crippen LogP contribution >= 0.6 is 0 Å². The van der Waals surface area contributed by atoms with Gasteiger partial charge in [0.05, 0.1) is 0 Å². The molecule has 0 bridgehead atoms. The molecule has 2 atom stereocenters. The second-order valence-electron chi connectivity index (χ2n) is 6.34. The molecular weight excluding hydrogens is 226 g/mol. The topological polar surface area (TPSA) is 49.6 Å². The third kappa shape index (κ3) is 2.86. The Morgan fingerprint density at radius 1 is 1.06 bits per heavy atom. The molecular formula is C14H25N3O. The van der Waals surface area contributed by atoms with Crippen molar-refractivity contribution in [2.24, 2.45) is 17.6 Å². The summed E-state index contributed by atoms with van der Waals surface area (Å²) in [7, 11) is 0. The predicted molar refractivity (Wildman–Crippen MR) is 71.1 cm³/mol. The third-order valence-electron chi connectivity index (χ3n) is 4.72. The summed E-state index contributed by atoms with van der Waals surface area (Å²) in [6.45, 7) is 5.26. The lowest BCUT2D eigenvalue weighted by Crippen LogP contribution is -2.50. The van der Waals surface area contributed by atoms with Crippen LogP contribution in [0, 0.1) is 11.8 Å². The van der Waals surface area contributed by atoms with E-state index in [2.05, 4.69) is 9.80 Å². The minimum atomic E-state index is 0.218. The van der Waals surface area contributed by atoms with Crippen molar-refractivity contribution in [2.45, 2.75) is 38.1 Å². The second kappa shape index (κ2) is 5.17. The molecule has 2 N–H and O–H groups in total. The molecule has 0 radical (unpaired) electrons. The van der Waals surface area contributed by atoms with E-state index in [9.17, 15) is 4.79 Å². The van der Waals surface area contributed by atoms with Crippen LogP contribution in [0.4, 0.5) is 0 Å². The van der Waals surface area contributed by atoms with Crippen LogP contribution in [0.1, 0.15) is 32.1 Å². The molecule has 2 aliphatic carbocycles. The fourth-order valence-electron chi connectivity index (χ4n) is 3.32. The molecule has 2 saturated carbocycles. The lowest BCUT2D eigenvalue weighted by molar-refractivity contribution is -0.137. The SMILES string of the molecule is NC1CCC(C(=O)N2CCN(CC3CC3)CC2)C1. The van der Waals surface area contributed by atoms with Crippen LogP contribution in [0.15, 0.2) is 0 Å². The summed E-state index contributed by atoms with van der Waals surface area (Å²) in [4.78, 5) is 16.9. The number of nitrogens with zero attached hydrogens (tertiary/aromatic N) is 2. The van der Waals surface area contributed by atoms with Gasteiger partial charge in [-0.15, -0.1) is 0 Å². The summed E-state index contributed by atoms with van der Waals surface area (Å²) in [6, 6.07) is 0.259. The average molecular weight is 251 g/mol. The first-order valence-electron chi connectivity index (χ1n) is 7.49. The van der Waals surface area contributed by atoms with Crippen LogP contribution in [-0.4, -0.2) is 54.5 Å². The van der Waals surface area contributed by atoms with E-state index in [1.165, 1.54) is 19.4 Å². The molecule has 102 valence electrons. The Bertz CT molecular complexity index is 308. The standard InChI is InChI=1S/C14H25N3O/c15-13-4-3-12(9-13)14(18)17-7-5-16(6-8-17)10-11-1-2-11/h11-13H,1-10,15H2. The van der Waals surface area contributed by atoms with Gasteiger partial charge in [-0.05, 0) is 38.0 Å². The van der Waals surface area contributed by atoms with E-state index >= 15 is 0 Å². The Morgan fingerprint density at radius 3 is 2.33 bits per heavy atom. The fraction of sp³-hybridized carbons (Fsp3) is 0.929. The Labute approximate surface area is 109 Å². The normalized spacial score (nSPS) is 33.9. The summed E-state index contributed by atoms with van der Waals surface area (Å²) in [5.41, 5.74) is 5.90. The smallest absolute Gasteiger partial charge is 0.225 e. The van der Waals surface area contributed by atoms with E-state index in [1.54, 1.807) is 0 Å². The third-order valence-corrected chi connectivity index (χ3v) is 4.72. The highest BCUT2D eigenvalue weighted by atomic mass is 16.2. The number of hydrogen-bond donors (Lipinski definition) is 1. The Balaban J connectivity index is 1.45. The van der Waals surface area contributed by atoms with Gasteiger partial charge in [-0.3, -0.25) is 9.69 Å². The molecule has 3 aliphatic rings. The van der Waals surface area contributed by atoms with Crippen molar-refractivity contribution < 1.29 is 4.79 Å². The van der Waals surface area contributed by atoms with Crippen molar-refractivity contribution >= 4 is 5.91 Å². The van der Waals surface area contributed by atoms with Crippen molar-refractivity contribution in [3.8, 4) is 0 Å². The van der Waals surface area contributed by atoms with Crippen LogP contribution < -0.4 is 5.73 Å². The van der Waals surface area contributed by atoms with Gasteiger partial charge in [-0.1, -0.05) is 0 Å². The van der Waals surface area contributed by atoms with E-state index in [1.807, 2.05) is 0 Å². The molecule has 4 heteroatoms. The molecule has 4 nitrogen and oxygen atoms in total. The largest absolute Gasteiger partial charge is 0.340 e. The molecule has 0 spiro atoms. The summed E-state index contributed by atoms with van der Waals surface area (Å²) < 4.78 is 0. The first-order valence-corrected chi connectivity index (χ1v) is 7.49. The fourth-order valence-corrected chi connectivity index (χ4v) is 3.32. The average Bonchev–Trinajstić information content (AvgIpc) is 3.09. The predicted octanol–water partition coefficient (Wildman–Crippen LogP) is 0.668. The maximum Gasteiger partial charge on any atom is 0.225 e. The van der Waals surface area contributed by atoms with Gasteiger partial charge in [0.15, 0.2) is 0 Å². The van der Waals surface area contributed by atoms with Crippen LogP contribution in [0.3, 0.4) is 0 Å². The summed E-state index contributed by atoms with van der Waals surface area (Å²) in [5.74, 6) is 1.55. The number of rotatable bonds is 3. The van der Waals surface area contributed by atoms with Crippen molar-refractivity contribution in [1.82, 2.24) is 9.80 Å². The lowest BCUT2D eigenvalue weighted by atomic mass is 10.1. The number of amides is 1. The molecule has 2 unspecified atom stereocenters. The first kappa shape index (κ1) is 12.4. The Hall–Kier alpha value is -0.610. The number of nitrogens with two attached hydrogens (primary N) is 1. The van der Waals surface area contributed by atoms with Crippen molar-refractivity contribution in [3.63, 3.8) is 0 Å². The molecule has 1 amide bonds. The maximum atomic E-state index is 12.3. The molecule has 0 aromatic carbocycles. The quantitative estimate of drug-likeness (QED) is 0.802. The van der Waals surface area contributed by atoms with Crippen LogP contribution in [0.2, 0.25) is 0 Å². The molecule has 18 heavy (non-hydrogen) atoms. The number of hydrogen-bond acceptors (Lipinski definition) is 3. The highest BCUT2D eigenvalue weighted by Crippen LogP contribution is 2.30. The Kier molecular flexibility index (Phi) is 3.57. The zero-order valence-corrected chi connectivity index (χ0v) is 11.2. The minimum absolute atomic E-state index is 0.218. The van der Waals surface area contributed by atoms with E-state index in [4.69, 9.17) is 5.73 Å². The van der Waals surface area contributed by atoms with E-state index in [0.717, 1.165) is 51.4 Å². The molecule has 0 aromatic heterocycles. The van der Waals surface area contributed by atoms with Crippen molar-refractivity contribution in [3.05, 3.63) is 0 Å². The van der Waals surface area contributed by atoms with E-state index < -0.39 is 0 Å². The van der Waals surface area contributed by atoms with Gasteiger partial charge < -0.3 is 10.6 Å². The van der Waals surface area contributed by atoms with E-state index in [-0.39, 0.29) is 12.0 Å². The molecule has 1 aliphatic heterocycles. The monoisotopic (exact) mass is 251 g/mol. The number of carbonyl (C=O) groups is 1. The highest BCUT2D eigenvalue weighted by molar-refractivity contribution is 5.79. The molecule has 3 fully saturated rings. The first-order chi connectivity index (χ1) is 8.72. The summed E-state index contributed by atoms with van der Waals surface area (Å²) in [5, 5.41) is 0. The minimum Gasteiger partial charge on any atom is -0.340 e. The van der Waals surface area contributed by atoms with Gasteiger partial charge in [0.25, 0.3) is 0 Å². The van der Waals surface area contributed by atoms with Gasteiger partial charge in [-0.2, -0.15) is 0 Å². The molecule has 1 heterocycles. The van der Waals surface area contributed by atoms with Crippen LogP contribution in [-0.2, 0) is 4.79 Å². The van der Waals surface area contributed by atoms with Gasteiger partial charge in [0, 0.05) is 44.7 Å². The zero-order chi connectivity index (χ0) is 12.5. The maximum absolute atomic E-state index is 12.3. The van der Waals surface area contributed by atoms with Gasteiger partial charge in [0.1, 0.15) is 0 Å². The second-order valence-corrected chi connectivity index (χ2v) is 6.34. The van der Waals surface area contributed by atoms with Gasteiger partial charge in [0.2, 0.25) is 5.91 Å². The van der Waals surface area contributed by atoms with Crippen LogP contribution in [0.5, 0.6) is 0 Å². The molecule has 3 rings (SSSR count). The van der Waals surface area contributed by atoms with E-state index in [0.29, 0.717) is 5.91 Å². The Morgan fingerprint density at radius 2 is 1.78 bits per heavy atom. The number of carbonyl (C=O) groups excluding carboxylic acids is 1. The number of piperazine rings is 1. The van der Waals surface area contributed by atoms with Gasteiger partial charge >= 0.3 is 0 Å². The summed E-state index contributed by atoms with van der Waals surface area (Å²) >= 11 is 0. The summed E-state index contributed by atoms with van der Waals surface area (Å²) in [6.07, 6.45) is 5.76.